The maximum atomic E-state index is 12.4. The third-order valence-corrected chi connectivity index (χ3v) is 6.56. The van der Waals surface area contributed by atoms with Crippen LogP contribution in [0.5, 0.6) is 5.75 Å². The van der Waals surface area contributed by atoms with Gasteiger partial charge in [-0.15, -0.1) is 0 Å². The van der Waals surface area contributed by atoms with Gasteiger partial charge in [-0.25, -0.2) is 9.78 Å². The lowest BCUT2D eigenvalue weighted by Gasteiger charge is -2.36. The van der Waals surface area contributed by atoms with E-state index in [2.05, 4.69) is 38.5 Å². The number of para-hydroxylation sites is 1. The van der Waals surface area contributed by atoms with Crippen LogP contribution in [0.1, 0.15) is 26.2 Å². The van der Waals surface area contributed by atoms with Crippen LogP contribution in [0.2, 0.25) is 0 Å². The quantitative estimate of drug-likeness (QED) is 0.500. The fourth-order valence-electron chi connectivity index (χ4n) is 4.46. The van der Waals surface area contributed by atoms with Crippen molar-refractivity contribution in [2.75, 3.05) is 38.6 Å². The predicted molar refractivity (Wildman–Crippen MR) is 129 cm³/mol. The minimum Gasteiger partial charge on any atom is -0.496 e. The Hall–Kier alpha value is -3.57. The molecule has 3 aromatic rings. The average Bonchev–Trinajstić information content (AvgIpc) is 3.27. The van der Waals surface area contributed by atoms with E-state index >= 15 is 0 Å². The molecule has 0 atom stereocenters. The number of methoxy groups -OCH3 is 1. The number of ether oxygens (including phenoxy) is 1. The van der Waals surface area contributed by atoms with Gasteiger partial charge < -0.3 is 19.9 Å². The lowest BCUT2D eigenvalue weighted by Crippen LogP contribution is -2.41. The van der Waals surface area contributed by atoms with Crippen molar-refractivity contribution < 1.29 is 9.53 Å². The number of nitrogens with zero attached hydrogens (tertiary/aromatic N) is 3. The molecule has 3 heterocycles. The molecular formula is C25H30N6O2. The summed E-state index contributed by atoms with van der Waals surface area (Å²) in [7, 11) is 1.65. The smallest absolute Gasteiger partial charge is 0.320 e. The molecule has 3 N–H and O–H groups in total. The molecule has 0 saturated carbocycles. The molecule has 0 radical (unpaired) electrons. The summed E-state index contributed by atoms with van der Waals surface area (Å²) >= 11 is 0. The van der Waals surface area contributed by atoms with Crippen molar-refractivity contribution in [2.45, 2.75) is 26.2 Å². The number of H-pyrrole nitrogens is 1. The number of piperidine rings is 1. The number of carbonyl (C=O) groups excluding carboxylic acids is 1. The van der Waals surface area contributed by atoms with Gasteiger partial charge in [0.25, 0.3) is 0 Å². The van der Waals surface area contributed by atoms with Crippen LogP contribution in [0.4, 0.5) is 10.6 Å². The van der Waals surface area contributed by atoms with Crippen molar-refractivity contribution in [3.63, 3.8) is 0 Å². The van der Waals surface area contributed by atoms with Crippen LogP contribution in [0.3, 0.4) is 0 Å². The maximum absolute atomic E-state index is 12.4. The second kappa shape index (κ2) is 9.92. The molecule has 1 saturated heterocycles. The van der Waals surface area contributed by atoms with Gasteiger partial charge in [-0.1, -0.05) is 25.1 Å². The SMILES string of the molecule is CCN1CCC(C#N)(CCNC(=O)Nc2ccc3c(-c4ccccc4OC)c[nH]c3n2)CC1. The molecule has 4 rings (SSSR count). The molecule has 8 heteroatoms. The second-order valence-electron chi connectivity index (χ2n) is 8.45. The number of hydrogen-bond acceptors (Lipinski definition) is 5. The summed E-state index contributed by atoms with van der Waals surface area (Å²) in [5, 5.41) is 16.3. The fourth-order valence-corrected chi connectivity index (χ4v) is 4.46. The highest BCUT2D eigenvalue weighted by molar-refractivity contribution is 5.97. The van der Waals surface area contributed by atoms with Gasteiger partial charge in [0.1, 0.15) is 17.2 Å². The first kappa shape index (κ1) is 22.6. The number of hydrogen-bond donors (Lipinski definition) is 3. The Morgan fingerprint density at radius 2 is 2.03 bits per heavy atom. The highest BCUT2D eigenvalue weighted by Crippen LogP contribution is 2.35. The Morgan fingerprint density at radius 1 is 1.24 bits per heavy atom. The summed E-state index contributed by atoms with van der Waals surface area (Å²) in [6.45, 7) is 5.48. The molecule has 8 nitrogen and oxygen atoms in total. The molecule has 0 unspecified atom stereocenters. The number of aromatic nitrogens is 2. The van der Waals surface area contributed by atoms with Crippen molar-refractivity contribution in [3.05, 3.63) is 42.6 Å². The van der Waals surface area contributed by atoms with E-state index in [1.165, 1.54) is 0 Å². The topological polar surface area (TPSA) is 106 Å². The number of anilines is 1. The lowest BCUT2D eigenvalue weighted by atomic mass is 9.77. The Kier molecular flexibility index (Phi) is 6.80. The van der Waals surface area contributed by atoms with Crippen molar-refractivity contribution in [1.29, 1.82) is 5.26 Å². The number of rotatable bonds is 7. The molecule has 1 aliphatic rings. The number of urea groups is 1. The molecule has 1 fully saturated rings. The zero-order chi connectivity index (χ0) is 23.3. The predicted octanol–water partition coefficient (Wildman–Crippen LogP) is 4.38. The molecule has 1 aromatic carbocycles. The summed E-state index contributed by atoms with van der Waals surface area (Å²) in [6, 6.07) is 13.7. The monoisotopic (exact) mass is 446 g/mol. The van der Waals surface area contributed by atoms with E-state index in [4.69, 9.17) is 4.74 Å². The second-order valence-corrected chi connectivity index (χ2v) is 8.45. The maximum Gasteiger partial charge on any atom is 0.320 e. The molecule has 2 amide bonds. The number of amides is 2. The zero-order valence-corrected chi connectivity index (χ0v) is 19.1. The van der Waals surface area contributed by atoms with Crippen LogP contribution in [0, 0.1) is 16.7 Å². The molecule has 2 aromatic heterocycles. The Morgan fingerprint density at radius 3 is 2.76 bits per heavy atom. The van der Waals surface area contributed by atoms with Gasteiger partial charge in [-0.3, -0.25) is 5.32 Å². The largest absolute Gasteiger partial charge is 0.496 e. The molecule has 1 aliphatic heterocycles. The first-order chi connectivity index (χ1) is 16.1. The minimum absolute atomic E-state index is 0.322. The Bertz CT molecular complexity index is 1160. The third kappa shape index (κ3) is 4.94. The molecule has 172 valence electrons. The standard InChI is InChI=1S/C25H30N6O2/c1-3-31-14-11-25(17-26,12-15-31)10-13-27-24(32)30-22-9-8-19-20(16-28-23(19)29-22)18-6-4-5-7-21(18)33-2/h4-9,16H,3,10-15H2,1-2H3,(H3,27,28,29,30,32). The molecule has 0 aliphatic carbocycles. The highest BCUT2D eigenvalue weighted by atomic mass is 16.5. The van der Waals surface area contributed by atoms with E-state index in [0.717, 1.165) is 54.7 Å². The van der Waals surface area contributed by atoms with E-state index in [9.17, 15) is 10.1 Å². The number of aromatic amines is 1. The summed E-state index contributed by atoms with van der Waals surface area (Å²) in [5.41, 5.74) is 2.29. The van der Waals surface area contributed by atoms with Crippen molar-refractivity contribution in [1.82, 2.24) is 20.2 Å². The third-order valence-electron chi connectivity index (χ3n) is 6.56. The molecule has 0 spiro atoms. The van der Waals surface area contributed by atoms with Gasteiger partial charge in [-0.2, -0.15) is 5.26 Å². The average molecular weight is 447 g/mol. The number of fused-ring (bicyclic) bond motifs is 1. The van der Waals surface area contributed by atoms with Gasteiger partial charge in [-0.05, 0) is 57.1 Å². The number of benzene rings is 1. The first-order valence-corrected chi connectivity index (χ1v) is 11.4. The molecular weight excluding hydrogens is 416 g/mol. The van der Waals surface area contributed by atoms with E-state index in [1.54, 1.807) is 13.2 Å². The van der Waals surface area contributed by atoms with Gasteiger partial charge in [0.15, 0.2) is 0 Å². The van der Waals surface area contributed by atoms with Gasteiger partial charge in [0, 0.05) is 29.3 Å². The first-order valence-electron chi connectivity index (χ1n) is 11.4. The Labute approximate surface area is 193 Å². The lowest BCUT2D eigenvalue weighted by molar-refractivity contribution is 0.143. The number of pyridine rings is 1. The van der Waals surface area contributed by atoms with Crippen LogP contribution in [0.25, 0.3) is 22.2 Å². The van der Waals surface area contributed by atoms with Gasteiger partial charge in [0.05, 0.1) is 18.6 Å². The number of likely N-dealkylation sites (tertiary alicyclic amines) is 1. The van der Waals surface area contributed by atoms with Crippen LogP contribution >= 0.6 is 0 Å². The molecule has 33 heavy (non-hydrogen) atoms. The summed E-state index contributed by atoms with van der Waals surface area (Å²) in [4.78, 5) is 22.5. The molecule has 0 bridgehead atoms. The normalized spacial score (nSPS) is 15.7. The van der Waals surface area contributed by atoms with Crippen LogP contribution < -0.4 is 15.4 Å². The van der Waals surface area contributed by atoms with Crippen molar-refractivity contribution in [3.8, 4) is 22.9 Å². The van der Waals surface area contributed by atoms with E-state index in [-0.39, 0.29) is 11.4 Å². The summed E-state index contributed by atoms with van der Waals surface area (Å²) < 4.78 is 5.48. The minimum atomic E-state index is -0.352. The highest BCUT2D eigenvalue weighted by Gasteiger charge is 2.34. The van der Waals surface area contributed by atoms with Gasteiger partial charge >= 0.3 is 6.03 Å². The van der Waals surface area contributed by atoms with Crippen molar-refractivity contribution >= 4 is 22.9 Å². The number of nitrogens with one attached hydrogen (secondary N) is 3. The van der Waals surface area contributed by atoms with E-state index in [0.29, 0.717) is 24.4 Å². The van der Waals surface area contributed by atoms with Crippen LogP contribution in [0.15, 0.2) is 42.6 Å². The van der Waals surface area contributed by atoms with Crippen LogP contribution in [-0.4, -0.2) is 54.2 Å². The van der Waals surface area contributed by atoms with E-state index < -0.39 is 0 Å². The van der Waals surface area contributed by atoms with E-state index in [1.807, 2.05) is 36.5 Å². The number of carbonyl (C=O) groups is 1. The fraction of sp³-hybridized carbons (Fsp3) is 0.400. The van der Waals surface area contributed by atoms with Crippen LogP contribution in [-0.2, 0) is 0 Å². The summed E-state index contributed by atoms with van der Waals surface area (Å²) in [5.74, 6) is 1.25. The zero-order valence-electron chi connectivity index (χ0n) is 19.1. The van der Waals surface area contributed by atoms with Gasteiger partial charge in [0.2, 0.25) is 0 Å². The number of nitriles is 1. The van der Waals surface area contributed by atoms with Crippen molar-refractivity contribution in [2.24, 2.45) is 5.41 Å². The summed E-state index contributed by atoms with van der Waals surface area (Å²) in [6.07, 6.45) is 4.24. The Balaban J connectivity index is 1.36.